The Kier molecular flexibility index (Phi) is 8.00. The van der Waals surface area contributed by atoms with Crippen LogP contribution in [0.15, 0.2) is 43.0 Å². The molecule has 3 aromatic heterocycles. The van der Waals surface area contributed by atoms with Crippen molar-refractivity contribution in [2.24, 2.45) is 5.41 Å². The van der Waals surface area contributed by atoms with Gasteiger partial charge in [-0.3, -0.25) is 4.79 Å². The molecule has 0 bridgehead atoms. The van der Waals surface area contributed by atoms with Crippen LogP contribution in [0.5, 0.6) is 5.75 Å². The highest BCUT2D eigenvalue weighted by Crippen LogP contribution is 2.37. The standard InChI is InChI=1S/C30H38N8O5/c1-29(2,3)27(39)42-18-38-21(13-34-35-38)16-41-22-9-7-19(8-10-22)23-15-37(26-24(23)25(31)32-17-33-26)20-11-12-36(14-20)28(40)43-30(4,5)6/h7-10,13,15,17,20H,11-12,14,16,18H2,1-6H3,(H2,31,32,33). The van der Waals surface area contributed by atoms with E-state index in [1.807, 2.05) is 51.2 Å². The van der Waals surface area contributed by atoms with Crippen molar-refractivity contribution in [3.05, 3.63) is 48.7 Å². The summed E-state index contributed by atoms with van der Waals surface area (Å²) in [6.45, 7) is 12.2. The summed E-state index contributed by atoms with van der Waals surface area (Å²) in [7, 11) is 0. The SMILES string of the molecule is CC(C)(C)OC(=O)N1CCC(n2cc(-c3ccc(OCc4cnnn4COC(=O)C(C)(C)C)cc3)c3c(N)ncnc32)C1. The smallest absolute Gasteiger partial charge is 0.410 e. The Morgan fingerprint density at radius 3 is 2.51 bits per heavy atom. The molecular formula is C30H38N8O5. The van der Waals surface area contributed by atoms with Crippen molar-refractivity contribution in [1.29, 1.82) is 0 Å². The van der Waals surface area contributed by atoms with E-state index in [2.05, 4.69) is 24.8 Å². The number of rotatable bonds is 7. The number of carbonyl (C=O) groups is 2. The number of anilines is 1. The van der Waals surface area contributed by atoms with Gasteiger partial charge in [-0.1, -0.05) is 17.3 Å². The molecule has 1 fully saturated rings. The molecule has 1 unspecified atom stereocenters. The van der Waals surface area contributed by atoms with Crippen LogP contribution in [0.2, 0.25) is 0 Å². The molecule has 5 rings (SSSR count). The highest BCUT2D eigenvalue weighted by Gasteiger charge is 2.32. The number of hydrogen-bond donors (Lipinski definition) is 1. The van der Waals surface area contributed by atoms with Crippen LogP contribution < -0.4 is 10.5 Å². The Hall–Kier alpha value is -4.68. The van der Waals surface area contributed by atoms with Crippen molar-refractivity contribution >= 4 is 28.9 Å². The molecule has 1 aliphatic rings. The van der Waals surface area contributed by atoms with Crippen molar-refractivity contribution < 1.29 is 23.8 Å². The lowest BCUT2D eigenvalue weighted by molar-refractivity contribution is -0.157. The number of amides is 1. The van der Waals surface area contributed by atoms with Crippen LogP contribution in [-0.2, 0) is 27.6 Å². The summed E-state index contributed by atoms with van der Waals surface area (Å²) in [5.74, 6) is 0.695. The zero-order valence-corrected chi connectivity index (χ0v) is 25.4. The largest absolute Gasteiger partial charge is 0.487 e. The summed E-state index contributed by atoms with van der Waals surface area (Å²) in [6.07, 6.45) is 5.50. The summed E-state index contributed by atoms with van der Waals surface area (Å²) in [5.41, 5.74) is 8.36. The fourth-order valence-corrected chi connectivity index (χ4v) is 4.79. The van der Waals surface area contributed by atoms with E-state index in [1.54, 1.807) is 31.9 Å². The third-order valence-electron chi connectivity index (χ3n) is 7.03. The van der Waals surface area contributed by atoms with Gasteiger partial charge in [0, 0.05) is 24.8 Å². The van der Waals surface area contributed by atoms with E-state index < -0.39 is 11.0 Å². The molecule has 2 N–H and O–H groups in total. The monoisotopic (exact) mass is 590 g/mol. The van der Waals surface area contributed by atoms with Crippen molar-refractivity contribution in [3.8, 4) is 16.9 Å². The number of fused-ring (bicyclic) bond motifs is 1. The Morgan fingerprint density at radius 2 is 1.81 bits per heavy atom. The number of hydrogen-bond acceptors (Lipinski definition) is 10. The number of carbonyl (C=O) groups excluding carboxylic acids is 2. The van der Waals surface area contributed by atoms with Crippen LogP contribution in [0, 0.1) is 5.41 Å². The van der Waals surface area contributed by atoms with Crippen LogP contribution in [-0.4, -0.2) is 65.2 Å². The maximum atomic E-state index is 12.7. The zero-order chi connectivity index (χ0) is 30.9. The lowest BCUT2D eigenvalue weighted by Crippen LogP contribution is -2.35. The van der Waals surface area contributed by atoms with E-state index in [9.17, 15) is 9.59 Å². The lowest BCUT2D eigenvalue weighted by atomic mass is 9.98. The Bertz CT molecular complexity index is 1610. The van der Waals surface area contributed by atoms with Crippen LogP contribution in [0.4, 0.5) is 10.6 Å². The minimum atomic E-state index is -0.611. The molecule has 0 saturated carbocycles. The minimum Gasteiger partial charge on any atom is -0.487 e. The highest BCUT2D eigenvalue weighted by atomic mass is 16.6. The van der Waals surface area contributed by atoms with Crippen LogP contribution in [0.25, 0.3) is 22.2 Å². The van der Waals surface area contributed by atoms with Gasteiger partial charge < -0.3 is 29.4 Å². The summed E-state index contributed by atoms with van der Waals surface area (Å²) >= 11 is 0. The number of nitrogens with two attached hydrogens (primary N) is 1. The Balaban J connectivity index is 1.30. The molecule has 4 heterocycles. The molecule has 1 saturated heterocycles. The van der Waals surface area contributed by atoms with Crippen molar-refractivity contribution in [1.82, 2.24) is 34.4 Å². The molecule has 1 amide bonds. The van der Waals surface area contributed by atoms with Gasteiger partial charge in [0.15, 0.2) is 6.73 Å². The van der Waals surface area contributed by atoms with E-state index in [0.29, 0.717) is 36.0 Å². The van der Waals surface area contributed by atoms with Crippen LogP contribution in [0.1, 0.15) is 59.7 Å². The fourth-order valence-electron chi connectivity index (χ4n) is 4.79. The van der Waals surface area contributed by atoms with Crippen molar-refractivity contribution in [3.63, 3.8) is 0 Å². The molecule has 1 aliphatic heterocycles. The first-order chi connectivity index (χ1) is 20.3. The van der Waals surface area contributed by atoms with E-state index in [-0.39, 0.29) is 31.4 Å². The van der Waals surface area contributed by atoms with Crippen molar-refractivity contribution in [2.75, 3.05) is 18.8 Å². The Labute approximate surface area is 249 Å². The number of likely N-dealkylation sites (tertiary alicyclic amines) is 1. The fraction of sp³-hybridized carbons (Fsp3) is 0.467. The van der Waals surface area contributed by atoms with E-state index in [4.69, 9.17) is 19.9 Å². The van der Waals surface area contributed by atoms with E-state index >= 15 is 0 Å². The van der Waals surface area contributed by atoms with E-state index in [0.717, 1.165) is 22.9 Å². The molecule has 0 aliphatic carbocycles. The third-order valence-corrected chi connectivity index (χ3v) is 7.03. The molecule has 43 heavy (non-hydrogen) atoms. The highest BCUT2D eigenvalue weighted by molar-refractivity contribution is 6.00. The summed E-state index contributed by atoms with van der Waals surface area (Å²) in [4.78, 5) is 35.3. The molecule has 0 radical (unpaired) electrons. The average Bonchev–Trinajstić information content (AvgIpc) is 3.68. The van der Waals surface area contributed by atoms with Gasteiger partial charge >= 0.3 is 12.1 Å². The van der Waals surface area contributed by atoms with Gasteiger partial charge in [-0.25, -0.2) is 19.4 Å². The van der Waals surface area contributed by atoms with Gasteiger partial charge in [-0.15, -0.1) is 5.10 Å². The molecular weight excluding hydrogens is 552 g/mol. The number of aromatic nitrogens is 6. The molecule has 1 aromatic carbocycles. The number of esters is 1. The quantitative estimate of drug-likeness (QED) is 0.303. The average molecular weight is 591 g/mol. The molecule has 0 spiro atoms. The molecule has 13 nitrogen and oxygen atoms in total. The third kappa shape index (κ3) is 6.71. The maximum absolute atomic E-state index is 12.7. The number of ether oxygens (including phenoxy) is 3. The first-order valence-electron chi connectivity index (χ1n) is 14.2. The first-order valence-corrected chi connectivity index (χ1v) is 14.2. The topological polar surface area (TPSA) is 153 Å². The van der Waals surface area contributed by atoms with Gasteiger partial charge in [0.1, 0.15) is 35.7 Å². The van der Waals surface area contributed by atoms with Gasteiger partial charge in [0.05, 0.1) is 28.7 Å². The van der Waals surface area contributed by atoms with Gasteiger partial charge in [-0.05, 0) is 65.7 Å². The Morgan fingerprint density at radius 1 is 1.07 bits per heavy atom. The zero-order valence-electron chi connectivity index (χ0n) is 25.4. The predicted octanol–water partition coefficient (Wildman–Crippen LogP) is 4.58. The number of benzene rings is 1. The van der Waals surface area contributed by atoms with Gasteiger partial charge in [0.25, 0.3) is 0 Å². The summed E-state index contributed by atoms with van der Waals surface area (Å²) in [6, 6.07) is 7.65. The van der Waals surface area contributed by atoms with Gasteiger partial charge in [0.2, 0.25) is 0 Å². The minimum absolute atomic E-state index is 0.0156. The van der Waals surface area contributed by atoms with Crippen molar-refractivity contribution in [2.45, 2.75) is 72.9 Å². The summed E-state index contributed by atoms with van der Waals surface area (Å²) < 4.78 is 20.5. The lowest BCUT2D eigenvalue weighted by Gasteiger charge is -2.24. The second-order valence-corrected chi connectivity index (χ2v) is 12.6. The predicted molar refractivity (Wildman–Crippen MR) is 159 cm³/mol. The molecule has 228 valence electrons. The van der Waals surface area contributed by atoms with Gasteiger partial charge in [-0.2, -0.15) is 0 Å². The maximum Gasteiger partial charge on any atom is 0.410 e. The van der Waals surface area contributed by atoms with E-state index in [1.165, 1.54) is 11.0 Å². The molecule has 13 heteroatoms. The molecule has 1 atom stereocenters. The normalized spacial score (nSPS) is 15.6. The number of nitrogens with zero attached hydrogens (tertiary/aromatic N) is 7. The second kappa shape index (κ2) is 11.5. The molecule has 4 aromatic rings. The first kappa shape index (κ1) is 29.8. The number of nitrogen functional groups attached to an aromatic ring is 1. The van der Waals surface area contributed by atoms with Crippen LogP contribution >= 0.6 is 0 Å². The summed E-state index contributed by atoms with van der Waals surface area (Å²) in [5, 5.41) is 8.67. The van der Waals surface area contributed by atoms with Crippen LogP contribution in [0.3, 0.4) is 0 Å². The second-order valence-electron chi connectivity index (χ2n) is 12.6.